The van der Waals surface area contributed by atoms with Gasteiger partial charge in [0.05, 0.1) is 11.7 Å². The molecule has 8 heteroatoms. The molecule has 0 fully saturated rings. The molecule has 0 aliphatic rings. The summed E-state index contributed by atoms with van der Waals surface area (Å²) >= 11 is 0. The van der Waals surface area contributed by atoms with Gasteiger partial charge in [-0.05, 0) is 26.0 Å². The zero-order chi connectivity index (χ0) is 15.0. The third kappa shape index (κ3) is 2.43. The first-order chi connectivity index (χ1) is 9.99. The van der Waals surface area contributed by atoms with Crippen molar-refractivity contribution in [2.75, 3.05) is 0 Å². The summed E-state index contributed by atoms with van der Waals surface area (Å²) in [4.78, 5) is 0.0963. The number of aromatic nitrogens is 3. The molecule has 7 nitrogen and oxygen atoms in total. The van der Waals surface area contributed by atoms with Gasteiger partial charge in [0.15, 0.2) is 5.76 Å². The molecule has 0 saturated carbocycles. The molecule has 3 rings (SSSR count). The maximum atomic E-state index is 12.3. The lowest BCUT2D eigenvalue weighted by Gasteiger charge is -2.05. The van der Waals surface area contributed by atoms with Gasteiger partial charge in [0.25, 0.3) is 0 Å². The first-order valence-electron chi connectivity index (χ1n) is 6.33. The minimum Gasteiger partial charge on any atom is -0.360 e. The van der Waals surface area contributed by atoms with Gasteiger partial charge in [0.2, 0.25) is 10.0 Å². The van der Waals surface area contributed by atoms with E-state index in [9.17, 15) is 8.42 Å². The zero-order valence-corrected chi connectivity index (χ0v) is 12.4. The maximum Gasteiger partial charge on any atom is 0.246 e. The van der Waals surface area contributed by atoms with Crippen LogP contribution in [0.4, 0.5) is 0 Å². The first kappa shape index (κ1) is 13.8. The summed E-state index contributed by atoms with van der Waals surface area (Å²) < 4.78 is 33.8. The van der Waals surface area contributed by atoms with E-state index in [1.807, 2.05) is 24.4 Å². The van der Waals surface area contributed by atoms with E-state index < -0.39 is 10.0 Å². The molecule has 0 amide bonds. The molecular formula is C13H14N4O3S. The predicted octanol–water partition coefficient (Wildman–Crippen LogP) is 1.42. The van der Waals surface area contributed by atoms with Crippen molar-refractivity contribution >= 4 is 15.5 Å². The molecule has 0 aliphatic carbocycles. The van der Waals surface area contributed by atoms with Crippen molar-refractivity contribution in [3.8, 4) is 0 Å². The Morgan fingerprint density at radius 3 is 2.86 bits per heavy atom. The van der Waals surface area contributed by atoms with Crippen LogP contribution in [0.5, 0.6) is 0 Å². The van der Waals surface area contributed by atoms with Crippen LogP contribution in [0.1, 0.15) is 17.0 Å². The van der Waals surface area contributed by atoms with Crippen molar-refractivity contribution in [3.63, 3.8) is 0 Å². The Labute approximate surface area is 121 Å². The molecule has 0 bridgehead atoms. The summed E-state index contributed by atoms with van der Waals surface area (Å²) in [6.45, 7) is 3.32. The standard InChI is InChI=1S/C13H14N4O3S/c1-9-13(10(2)20-16-9)21(18,19)15-8-11-7-14-17-6-4-3-5-12(11)17/h3-7,15H,8H2,1-2H3. The number of sulfonamides is 1. The molecule has 0 spiro atoms. The normalized spacial score (nSPS) is 12.1. The number of fused-ring (bicyclic) bond motifs is 1. The second-order valence-corrected chi connectivity index (χ2v) is 6.38. The molecule has 0 saturated heterocycles. The van der Waals surface area contributed by atoms with Crippen molar-refractivity contribution in [2.45, 2.75) is 25.3 Å². The van der Waals surface area contributed by atoms with Gasteiger partial charge in [0, 0.05) is 18.3 Å². The number of rotatable bonds is 4. The second kappa shape index (κ2) is 4.97. The molecule has 0 aliphatic heterocycles. The van der Waals surface area contributed by atoms with Crippen LogP contribution in [0.3, 0.4) is 0 Å². The molecule has 110 valence electrons. The lowest BCUT2D eigenvalue weighted by atomic mass is 10.3. The molecule has 1 N–H and O–H groups in total. The number of pyridine rings is 1. The number of nitrogens with zero attached hydrogens (tertiary/aromatic N) is 3. The average Bonchev–Trinajstić information content (AvgIpc) is 3.01. The van der Waals surface area contributed by atoms with E-state index in [1.54, 1.807) is 24.6 Å². The lowest BCUT2D eigenvalue weighted by Crippen LogP contribution is -2.24. The number of hydrogen-bond acceptors (Lipinski definition) is 5. The van der Waals surface area contributed by atoms with Gasteiger partial charge in [-0.25, -0.2) is 17.7 Å². The smallest absolute Gasteiger partial charge is 0.246 e. The highest BCUT2D eigenvalue weighted by Crippen LogP contribution is 2.19. The average molecular weight is 306 g/mol. The fourth-order valence-corrected chi connectivity index (χ4v) is 3.56. The topological polar surface area (TPSA) is 89.5 Å². The van der Waals surface area contributed by atoms with E-state index in [2.05, 4.69) is 15.0 Å². The van der Waals surface area contributed by atoms with Crippen molar-refractivity contribution in [2.24, 2.45) is 0 Å². The molecule has 0 unspecified atom stereocenters. The number of hydrogen-bond donors (Lipinski definition) is 1. The van der Waals surface area contributed by atoms with Gasteiger partial charge in [-0.15, -0.1) is 0 Å². The van der Waals surface area contributed by atoms with Crippen LogP contribution >= 0.6 is 0 Å². The van der Waals surface area contributed by atoms with Crippen molar-refractivity contribution in [1.29, 1.82) is 0 Å². The van der Waals surface area contributed by atoms with Crippen LogP contribution < -0.4 is 4.72 Å². The minimum absolute atomic E-state index is 0.0963. The zero-order valence-electron chi connectivity index (χ0n) is 11.6. The Morgan fingerprint density at radius 2 is 2.14 bits per heavy atom. The second-order valence-electron chi connectivity index (χ2n) is 4.68. The van der Waals surface area contributed by atoms with Crippen LogP contribution in [-0.2, 0) is 16.6 Å². The van der Waals surface area contributed by atoms with Crippen LogP contribution in [-0.4, -0.2) is 23.2 Å². The van der Waals surface area contributed by atoms with E-state index in [0.29, 0.717) is 5.69 Å². The fraction of sp³-hybridized carbons (Fsp3) is 0.231. The third-order valence-electron chi connectivity index (χ3n) is 3.20. The predicted molar refractivity (Wildman–Crippen MR) is 75.2 cm³/mol. The Kier molecular flexibility index (Phi) is 3.26. The number of aryl methyl sites for hydroxylation is 2. The Hall–Kier alpha value is -2.19. The fourth-order valence-electron chi connectivity index (χ4n) is 2.23. The Balaban J connectivity index is 1.88. The minimum atomic E-state index is -3.67. The highest BCUT2D eigenvalue weighted by molar-refractivity contribution is 7.89. The maximum absolute atomic E-state index is 12.3. The van der Waals surface area contributed by atoms with Gasteiger partial charge in [-0.3, -0.25) is 0 Å². The lowest BCUT2D eigenvalue weighted by molar-refractivity contribution is 0.390. The third-order valence-corrected chi connectivity index (χ3v) is 4.84. The van der Waals surface area contributed by atoms with Gasteiger partial charge in [-0.1, -0.05) is 11.2 Å². The largest absolute Gasteiger partial charge is 0.360 e. The molecule has 0 radical (unpaired) electrons. The highest BCUT2D eigenvalue weighted by atomic mass is 32.2. The van der Waals surface area contributed by atoms with E-state index >= 15 is 0 Å². The van der Waals surface area contributed by atoms with Crippen molar-refractivity contribution < 1.29 is 12.9 Å². The van der Waals surface area contributed by atoms with E-state index in [1.165, 1.54) is 0 Å². The Morgan fingerprint density at radius 1 is 1.33 bits per heavy atom. The van der Waals surface area contributed by atoms with E-state index in [0.717, 1.165) is 11.1 Å². The summed E-state index contributed by atoms with van der Waals surface area (Å²) in [7, 11) is -3.67. The molecule has 3 aromatic heterocycles. The monoisotopic (exact) mass is 306 g/mol. The number of nitrogens with one attached hydrogen (secondary N) is 1. The summed E-state index contributed by atoms with van der Waals surface area (Å²) in [5.74, 6) is 0.278. The van der Waals surface area contributed by atoms with Crippen LogP contribution in [0, 0.1) is 13.8 Å². The van der Waals surface area contributed by atoms with Crippen molar-refractivity contribution in [1.82, 2.24) is 19.5 Å². The Bertz CT molecular complexity index is 876. The van der Waals surface area contributed by atoms with Crippen molar-refractivity contribution in [3.05, 3.63) is 47.6 Å². The SMILES string of the molecule is Cc1noc(C)c1S(=O)(=O)NCc1cnn2ccccc12. The van der Waals surface area contributed by atoms with Gasteiger partial charge in [-0.2, -0.15) is 5.10 Å². The summed E-state index contributed by atoms with van der Waals surface area (Å²) in [6.07, 6.45) is 3.45. The molecule has 0 aromatic carbocycles. The van der Waals surface area contributed by atoms with E-state index in [4.69, 9.17) is 4.52 Å². The van der Waals surface area contributed by atoms with Crippen LogP contribution in [0.15, 0.2) is 40.0 Å². The summed E-state index contributed by atoms with van der Waals surface area (Å²) in [5.41, 5.74) is 2.00. The van der Waals surface area contributed by atoms with Gasteiger partial charge in [0.1, 0.15) is 10.6 Å². The first-order valence-corrected chi connectivity index (χ1v) is 7.81. The molecule has 3 heterocycles. The van der Waals surface area contributed by atoms with E-state index in [-0.39, 0.29) is 17.2 Å². The van der Waals surface area contributed by atoms with Gasteiger partial charge >= 0.3 is 0 Å². The highest BCUT2D eigenvalue weighted by Gasteiger charge is 2.24. The molecular weight excluding hydrogens is 292 g/mol. The summed E-state index contributed by atoms with van der Waals surface area (Å²) in [5, 5.41) is 7.83. The summed E-state index contributed by atoms with van der Waals surface area (Å²) in [6, 6.07) is 5.62. The molecule has 0 atom stereocenters. The van der Waals surface area contributed by atoms with Crippen LogP contribution in [0.25, 0.3) is 5.52 Å². The van der Waals surface area contributed by atoms with Gasteiger partial charge < -0.3 is 4.52 Å². The van der Waals surface area contributed by atoms with Crippen LogP contribution in [0.2, 0.25) is 0 Å². The quantitative estimate of drug-likeness (QED) is 0.787. The molecule has 21 heavy (non-hydrogen) atoms. The molecule has 3 aromatic rings.